The predicted octanol–water partition coefficient (Wildman–Crippen LogP) is 2.45. The Hall–Kier alpha value is -2.64. The molecule has 1 aromatic carbocycles. The molecule has 0 aromatic heterocycles. The maximum absolute atomic E-state index is 13.7. The number of carbonyl (C=O) groups excluding carboxylic acids is 3. The molecule has 0 spiro atoms. The Morgan fingerprint density at radius 2 is 1.67 bits per heavy atom. The summed E-state index contributed by atoms with van der Waals surface area (Å²) in [7, 11) is 0. The zero-order chi connectivity index (χ0) is 18.3. The first-order valence-corrected chi connectivity index (χ1v) is 6.91. The minimum Gasteiger partial charge on any atom is -0.429 e. The van der Waals surface area contributed by atoms with E-state index in [1.165, 1.54) is 24.3 Å². The quantitative estimate of drug-likeness (QED) is 0.857. The van der Waals surface area contributed by atoms with Crippen molar-refractivity contribution < 1.29 is 32.3 Å². The van der Waals surface area contributed by atoms with Crippen molar-refractivity contribution in [2.75, 3.05) is 0 Å². The fourth-order valence-corrected chi connectivity index (χ4v) is 2.53. The van der Waals surface area contributed by atoms with Crippen LogP contribution in [0.4, 0.5) is 13.2 Å². The lowest BCUT2D eigenvalue weighted by Crippen LogP contribution is -2.64. The number of halogens is 3. The number of alkyl halides is 3. The summed E-state index contributed by atoms with van der Waals surface area (Å²) in [6, 6.07) is 5.71. The maximum atomic E-state index is 13.7. The van der Waals surface area contributed by atoms with Crippen molar-refractivity contribution in [3.05, 3.63) is 46.7 Å². The largest absolute Gasteiger partial charge is 0.429 e. The van der Waals surface area contributed by atoms with Gasteiger partial charge in [0, 0.05) is 5.56 Å². The molecule has 24 heavy (non-hydrogen) atoms. The highest BCUT2D eigenvalue weighted by Gasteiger charge is 2.69. The molecule has 0 fully saturated rings. The minimum absolute atomic E-state index is 0.0792. The van der Waals surface area contributed by atoms with Crippen molar-refractivity contribution in [2.45, 2.75) is 32.5 Å². The second kappa shape index (κ2) is 5.77. The molecule has 1 amide bonds. The van der Waals surface area contributed by atoms with Crippen molar-refractivity contribution in [2.24, 2.45) is 0 Å². The van der Waals surface area contributed by atoms with Crippen LogP contribution in [-0.2, 0) is 14.3 Å². The number of benzene rings is 1. The Labute approximate surface area is 135 Å². The van der Waals surface area contributed by atoms with Gasteiger partial charge in [-0.3, -0.25) is 9.59 Å². The molecule has 0 saturated heterocycles. The first-order valence-electron chi connectivity index (χ1n) is 6.91. The van der Waals surface area contributed by atoms with Crippen LogP contribution >= 0.6 is 0 Å². The van der Waals surface area contributed by atoms with Crippen LogP contribution in [-0.4, -0.2) is 29.4 Å². The number of rotatable bonds is 3. The monoisotopic (exact) mass is 341 g/mol. The number of esters is 1. The Morgan fingerprint density at radius 1 is 1.12 bits per heavy atom. The summed E-state index contributed by atoms with van der Waals surface area (Å²) in [4.78, 5) is 35.9. The number of amides is 1. The van der Waals surface area contributed by atoms with Gasteiger partial charge in [-0.1, -0.05) is 17.7 Å². The highest BCUT2D eigenvalue weighted by molar-refractivity contribution is 6.10. The first-order chi connectivity index (χ1) is 11.0. The molecule has 0 saturated carbocycles. The van der Waals surface area contributed by atoms with Crippen molar-refractivity contribution in [3.63, 3.8) is 0 Å². The Bertz CT molecular complexity index is 750. The van der Waals surface area contributed by atoms with E-state index in [0.717, 1.165) is 19.4 Å². The summed E-state index contributed by atoms with van der Waals surface area (Å²) in [6.45, 7) is 3.69. The van der Waals surface area contributed by atoms with Crippen LogP contribution in [0.3, 0.4) is 0 Å². The van der Waals surface area contributed by atoms with Crippen LogP contribution in [0.15, 0.2) is 35.6 Å². The maximum Gasteiger partial charge on any atom is 0.427 e. The minimum atomic E-state index is -5.25. The van der Waals surface area contributed by atoms with Crippen molar-refractivity contribution >= 4 is 17.7 Å². The molecule has 2 rings (SSSR count). The van der Waals surface area contributed by atoms with Gasteiger partial charge in [0.15, 0.2) is 5.78 Å². The van der Waals surface area contributed by atoms with E-state index >= 15 is 0 Å². The molecule has 5 nitrogen and oxygen atoms in total. The molecule has 1 aliphatic rings. The number of hydrogen-bond acceptors (Lipinski definition) is 4. The third kappa shape index (κ3) is 2.68. The topological polar surface area (TPSA) is 72.5 Å². The lowest BCUT2D eigenvalue weighted by Gasteiger charge is -2.30. The van der Waals surface area contributed by atoms with E-state index in [1.54, 1.807) is 12.2 Å². The highest BCUT2D eigenvalue weighted by Crippen LogP contribution is 2.43. The number of ether oxygens (including phenoxy) is 1. The van der Waals surface area contributed by atoms with E-state index in [1.807, 2.05) is 0 Å². The second-order valence-electron chi connectivity index (χ2n) is 5.44. The van der Waals surface area contributed by atoms with Gasteiger partial charge in [-0.25, -0.2) is 4.79 Å². The van der Waals surface area contributed by atoms with Crippen molar-refractivity contribution in [1.29, 1.82) is 0 Å². The normalized spacial score (nSPS) is 20.8. The molecule has 8 heteroatoms. The van der Waals surface area contributed by atoms with E-state index in [0.29, 0.717) is 0 Å². The molecule has 0 radical (unpaired) electrons. The van der Waals surface area contributed by atoms with E-state index in [9.17, 15) is 27.6 Å². The molecular weight excluding hydrogens is 327 g/mol. The SMILES string of the molecule is CC(=O)C1=C(C)OC(=O)[C@]1(NC(=O)c1ccc(C)cc1)C(F)(F)F. The Kier molecular flexibility index (Phi) is 4.26. The van der Waals surface area contributed by atoms with Gasteiger partial charge in [0.2, 0.25) is 0 Å². The van der Waals surface area contributed by atoms with Gasteiger partial charge >= 0.3 is 12.1 Å². The number of cyclic esters (lactones) is 1. The van der Waals surface area contributed by atoms with Gasteiger partial charge < -0.3 is 10.1 Å². The standard InChI is InChI=1S/C16H14F3NO4/c1-8-4-6-11(7-5-8)13(22)20-15(16(17,18)19)12(9(2)21)10(3)24-14(15)23/h4-7H,1-3H3,(H,20,22)/t15-/m0/s1. The van der Waals surface area contributed by atoms with Crippen molar-refractivity contribution in [1.82, 2.24) is 5.32 Å². The number of carbonyl (C=O) groups is 3. The van der Waals surface area contributed by atoms with Crippen LogP contribution in [0.1, 0.15) is 29.8 Å². The van der Waals surface area contributed by atoms with Gasteiger partial charge in [0.25, 0.3) is 11.4 Å². The summed E-state index contributed by atoms with van der Waals surface area (Å²) in [5.41, 5.74) is -3.70. The van der Waals surface area contributed by atoms with Crippen LogP contribution in [0.2, 0.25) is 0 Å². The number of hydrogen-bond donors (Lipinski definition) is 1. The summed E-state index contributed by atoms with van der Waals surface area (Å²) in [5, 5.41) is 1.66. The van der Waals surface area contributed by atoms with Crippen LogP contribution in [0.5, 0.6) is 0 Å². The summed E-state index contributed by atoms with van der Waals surface area (Å²) < 4.78 is 45.6. The first kappa shape index (κ1) is 17.7. The number of Topliss-reactive ketones (excluding diaryl/α,β-unsaturated/α-hetero) is 1. The molecule has 1 aromatic rings. The third-order valence-corrected chi connectivity index (χ3v) is 3.67. The summed E-state index contributed by atoms with van der Waals surface area (Å²) in [6.07, 6.45) is -5.25. The molecule has 0 bridgehead atoms. The van der Waals surface area contributed by atoms with E-state index < -0.39 is 40.7 Å². The zero-order valence-electron chi connectivity index (χ0n) is 13.1. The fraction of sp³-hybridized carbons (Fsp3) is 0.312. The van der Waals surface area contributed by atoms with Crippen molar-refractivity contribution in [3.8, 4) is 0 Å². The van der Waals surface area contributed by atoms with Gasteiger partial charge in [0.1, 0.15) is 5.76 Å². The molecule has 1 atom stereocenters. The molecule has 1 heterocycles. The number of allylic oxidation sites excluding steroid dienone is 1. The average Bonchev–Trinajstić information content (AvgIpc) is 2.70. The average molecular weight is 341 g/mol. The van der Waals surface area contributed by atoms with Crippen LogP contribution in [0, 0.1) is 6.92 Å². The highest BCUT2D eigenvalue weighted by atomic mass is 19.4. The lowest BCUT2D eigenvalue weighted by molar-refractivity contribution is -0.195. The second-order valence-corrected chi connectivity index (χ2v) is 5.44. The zero-order valence-corrected chi connectivity index (χ0v) is 13.1. The third-order valence-electron chi connectivity index (χ3n) is 3.67. The van der Waals surface area contributed by atoms with Gasteiger partial charge in [-0.05, 0) is 32.9 Å². The van der Waals surface area contributed by atoms with E-state index in [2.05, 4.69) is 4.74 Å². The predicted molar refractivity (Wildman–Crippen MR) is 76.9 cm³/mol. The fourth-order valence-electron chi connectivity index (χ4n) is 2.53. The lowest BCUT2D eigenvalue weighted by atomic mass is 9.86. The number of aryl methyl sites for hydroxylation is 1. The molecular formula is C16H14F3NO4. The van der Waals surface area contributed by atoms with Gasteiger partial charge in [-0.2, -0.15) is 13.2 Å². The van der Waals surface area contributed by atoms with Crippen LogP contribution in [0.25, 0.3) is 0 Å². The van der Waals surface area contributed by atoms with E-state index in [4.69, 9.17) is 0 Å². The van der Waals surface area contributed by atoms with Gasteiger partial charge in [0.05, 0.1) is 5.57 Å². The molecule has 128 valence electrons. The van der Waals surface area contributed by atoms with E-state index in [-0.39, 0.29) is 5.56 Å². The molecule has 1 aliphatic heterocycles. The summed E-state index contributed by atoms with van der Waals surface area (Å²) >= 11 is 0. The number of nitrogens with one attached hydrogen (secondary N) is 1. The smallest absolute Gasteiger partial charge is 0.427 e. The Morgan fingerprint density at radius 3 is 2.12 bits per heavy atom. The molecule has 0 unspecified atom stereocenters. The van der Waals surface area contributed by atoms with Gasteiger partial charge in [-0.15, -0.1) is 0 Å². The number of ketones is 1. The Balaban J connectivity index is 2.54. The molecule has 1 N–H and O–H groups in total. The summed E-state index contributed by atoms with van der Waals surface area (Å²) in [5.74, 6) is -4.38. The van der Waals surface area contributed by atoms with Crippen LogP contribution < -0.4 is 5.32 Å². The molecule has 0 aliphatic carbocycles.